The first-order valence-electron chi connectivity index (χ1n) is 6.06. The van der Waals surface area contributed by atoms with Crippen molar-refractivity contribution in [2.45, 2.75) is 37.8 Å². The number of hydrogen-bond acceptors (Lipinski definition) is 5. The minimum absolute atomic E-state index is 0.0312. The van der Waals surface area contributed by atoms with E-state index < -0.39 is 5.97 Å². The standard InChI is InChI=1S/C12H17N3O3/c1-15(9-4-2-3-5-10(9)16)11-7-13-8(6-14-11)12(17)18/h6-7,9-10,16H,2-5H2,1H3,(H,17,18). The molecule has 98 valence electrons. The van der Waals surface area contributed by atoms with E-state index in [0.29, 0.717) is 5.82 Å². The molecule has 1 aromatic heterocycles. The van der Waals surface area contributed by atoms with E-state index in [4.69, 9.17) is 5.11 Å². The third kappa shape index (κ3) is 2.59. The molecular weight excluding hydrogens is 234 g/mol. The third-order valence-electron chi connectivity index (χ3n) is 3.41. The number of carbonyl (C=O) groups is 1. The Bertz CT molecular complexity index is 421. The van der Waals surface area contributed by atoms with Crippen molar-refractivity contribution >= 4 is 11.8 Å². The van der Waals surface area contributed by atoms with Crippen molar-refractivity contribution in [3.05, 3.63) is 18.1 Å². The number of aliphatic hydroxyl groups is 1. The molecule has 1 fully saturated rings. The molecule has 0 aliphatic heterocycles. The fourth-order valence-electron chi connectivity index (χ4n) is 2.33. The van der Waals surface area contributed by atoms with Crippen molar-refractivity contribution < 1.29 is 15.0 Å². The molecule has 6 nitrogen and oxygen atoms in total. The Labute approximate surface area is 105 Å². The van der Waals surface area contributed by atoms with E-state index >= 15 is 0 Å². The van der Waals surface area contributed by atoms with Crippen LogP contribution < -0.4 is 4.90 Å². The minimum atomic E-state index is -1.09. The van der Waals surface area contributed by atoms with Gasteiger partial charge in [-0.1, -0.05) is 12.8 Å². The normalized spacial score (nSPS) is 23.7. The van der Waals surface area contributed by atoms with Gasteiger partial charge in [0.25, 0.3) is 0 Å². The van der Waals surface area contributed by atoms with Gasteiger partial charge in [0.15, 0.2) is 5.69 Å². The largest absolute Gasteiger partial charge is 0.476 e. The molecule has 1 heterocycles. The van der Waals surface area contributed by atoms with Gasteiger partial charge in [-0.2, -0.15) is 0 Å². The SMILES string of the molecule is CN(c1cnc(C(=O)O)cn1)C1CCCCC1O. The zero-order valence-corrected chi connectivity index (χ0v) is 10.3. The van der Waals surface area contributed by atoms with E-state index in [1.165, 1.54) is 12.4 Å². The first-order valence-corrected chi connectivity index (χ1v) is 6.06. The monoisotopic (exact) mass is 251 g/mol. The van der Waals surface area contributed by atoms with Crippen LogP contribution in [0, 0.1) is 0 Å². The number of aromatic nitrogens is 2. The number of aliphatic hydroxyl groups excluding tert-OH is 1. The molecule has 2 N–H and O–H groups in total. The summed E-state index contributed by atoms with van der Waals surface area (Å²) < 4.78 is 0. The number of rotatable bonds is 3. The smallest absolute Gasteiger partial charge is 0.356 e. The molecule has 0 spiro atoms. The van der Waals surface area contributed by atoms with Gasteiger partial charge in [-0.15, -0.1) is 0 Å². The molecule has 1 aromatic rings. The van der Waals surface area contributed by atoms with Gasteiger partial charge in [-0.3, -0.25) is 0 Å². The van der Waals surface area contributed by atoms with Crippen LogP contribution in [0.15, 0.2) is 12.4 Å². The maximum atomic E-state index is 10.7. The van der Waals surface area contributed by atoms with Crippen LogP contribution in [0.2, 0.25) is 0 Å². The summed E-state index contributed by atoms with van der Waals surface area (Å²) in [6, 6.07) is 0.0312. The van der Waals surface area contributed by atoms with Crippen LogP contribution in [0.1, 0.15) is 36.2 Å². The summed E-state index contributed by atoms with van der Waals surface area (Å²) in [4.78, 5) is 20.5. The fourth-order valence-corrected chi connectivity index (χ4v) is 2.33. The lowest BCUT2D eigenvalue weighted by atomic mass is 9.92. The highest BCUT2D eigenvalue weighted by atomic mass is 16.4. The van der Waals surface area contributed by atoms with Crippen LogP contribution in [0.4, 0.5) is 5.82 Å². The van der Waals surface area contributed by atoms with Crippen molar-refractivity contribution in [1.29, 1.82) is 0 Å². The van der Waals surface area contributed by atoms with Gasteiger partial charge in [-0.25, -0.2) is 14.8 Å². The lowest BCUT2D eigenvalue weighted by Gasteiger charge is -2.35. The third-order valence-corrected chi connectivity index (χ3v) is 3.41. The molecule has 6 heteroatoms. The van der Waals surface area contributed by atoms with Gasteiger partial charge < -0.3 is 15.1 Å². The van der Waals surface area contributed by atoms with E-state index in [0.717, 1.165) is 25.7 Å². The number of anilines is 1. The Kier molecular flexibility index (Phi) is 3.76. The average Bonchev–Trinajstić information content (AvgIpc) is 2.38. The first-order chi connectivity index (χ1) is 8.59. The molecule has 0 amide bonds. The Balaban J connectivity index is 2.12. The van der Waals surface area contributed by atoms with Gasteiger partial charge in [-0.05, 0) is 12.8 Å². The second-order valence-corrected chi connectivity index (χ2v) is 4.60. The summed E-state index contributed by atoms with van der Waals surface area (Å²) in [6.07, 6.45) is 6.18. The van der Waals surface area contributed by atoms with E-state index in [1.54, 1.807) is 0 Å². The Morgan fingerprint density at radius 1 is 1.33 bits per heavy atom. The van der Waals surface area contributed by atoms with Crippen LogP contribution in [-0.2, 0) is 0 Å². The molecule has 2 rings (SSSR count). The van der Waals surface area contributed by atoms with Crippen molar-refractivity contribution in [2.75, 3.05) is 11.9 Å². The number of nitrogens with zero attached hydrogens (tertiary/aromatic N) is 3. The quantitative estimate of drug-likeness (QED) is 0.830. The first kappa shape index (κ1) is 12.8. The van der Waals surface area contributed by atoms with Crippen LogP contribution in [0.25, 0.3) is 0 Å². The van der Waals surface area contributed by atoms with Gasteiger partial charge in [0.1, 0.15) is 5.82 Å². The number of aromatic carboxylic acids is 1. The number of hydrogen-bond donors (Lipinski definition) is 2. The van der Waals surface area contributed by atoms with Crippen molar-refractivity contribution in [3.63, 3.8) is 0 Å². The summed E-state index contributed by atoms with van der Waals surface area (Å²) in [5.74, 6) is -0.500. The van der Waals surface area contributed by atoms with Gasteiger partial charge in [0.2, 0.25) is 0 Å². The van der Waals surface area contributed by atoms with Crippen molar-refractivity contribution in [2.24, 2.45) is 0 Å². The van der Waals surface area contributed by atoms with Gasteiger partial charge in [0.05, 0.1) is 24.5 Å². The summed E-state index contributed by atoms with van der Waals surface area (Å²) in [6.45, 7) is 0. The molecular formula is C12H17N3O3. The van der Waals surface area contributed by atoms with Crippen LogP contribution >= 0.6 is 0 Å². The fraction of sp³-hybridized carbons (Fsp3) is 0.583. The predicted octanol–water partition coefficient (Wildman–Crippen LogP) is 0.914. The molecule has 0 radical (unpaired) electrons. The number of carboxylic acid groups (broad SMARTS) is 1. The van der Waals surface area contributed by atoms with Crippen LogP contribution in [0.5, 0.6) is 0 Å². The molecule has 0 saturated heterocycles. The van der Waals surface area contributed by atoms with E-state index in [-0.39, 0.29) is 17.8 Å². The van der Waals surface area contributed by atoms with Crippen LogP contribution in [0.3, 0.4) is 0 Å². The molecule has 1 aliphatic carbocycles. The molecule has 2 unspecified atom stereocenters. The van der Waals surface area contributed by atoms with Crippen LogP contribution in [-0.4, -0.2) is 45.3 Å². The van der Waals surface area contributed by atoms with E-state index in [2.05, 4.69) is 9.97 Å². The maximum Gasteiger partial charge on any atom is 0.356 e. The molecule has 18 heavy (non-hydrogen) atoms. The van der Waals surface area contributed by atoms with E-state index in [9.17, 15) is 9.90 Å². The molecule has 0 bridgehead atoms. The zero-order chi connectivity index (χ0) is 13.1. The molecule has 0 aromatic carbocycles. The number of likely N-dealkylation sites (N-methyl/N-ethyl adjacent to an activating group) is 1. The Hall–Kier alpha value is -1.69. The molecule has 1 aliphatic rings. The zero-order valence-electron chi connectivity index (χ0n) is 10.3. The predicted molar refractivity (Wildman–Crippen MR) is 65.7 cm³/mol. The van der Waals surface area contributed by atoms with E-state index in [1.807, 2.05) is 11.9 Å². The highest BCUT2D eigenvalue weighted by molar-refractivity contribution is 5.84. The topological polar surface area (TPSA) is 86.6 Å². The summed E-state index contributed by atoms with van der Waals surface area (Å²) in [5.41, 5.74) is -0.0728. The molecule has 2 atom stereocenters. The van der Waals surface area contributed by atoms with Gasteiger partial charge in [0, 0.05) is 7.05 Å². The Morgan fingerprint density at radius 2 is 2.06 bits per heavy atom. The minimum Gasteiger partial charge on any atom is -0.476 e. The summed E-state index contributed by atoms with van der Waals surface area (Å²) in [5, 5.41) is 18.7. The van der Waals surface area contributed by atoms with Crippen molar-refractivity contribution in [1.82, 2.24) is 9.97 Å². The summed E-state index contributed by atoms with van der Waals surface area (Å²) in [7, 11) is 1.85. The van der Waals surface area contributed by atoms with Gasteiger partial charge >= 0.3 is 5.97 Å². The average molecular weight is 251 g/mol. The lowest BCUT2D eigenvalue weighted by molar-refractivity contribution is 0.0689. The Morgan fingerprint density at radius 3 is 2.61 bits per heavy atom. The summed E-state index contributed by atoms with van der Waals surface area (Å²) >= 11 is 0. The second kappa shape index (κ2) is 5.30. The highest BCUT2D eigenvalue weighted by Gasteiger charge is 2.27. The lowest BCUT2D eigenvalue weighted by Crippen LogP contribution is -2.43. The second-order valence-electron chi connectivity index (χ2n) is 4.60. The maximum absolute atomic E-state index is 10.7. The highest BCUT2D eigenvalue weighted by Crippen LogP contribution is 2.25. The molecule has 1 saturated carbocycles. The van der Waals surface area contributed by atoms with Crippen molar-refractivity contribution in [3.8, 4) is 0 Å². The number of carboxylic acids is 1.